The zero-order valence-electron chi connectivity index (χ0n) is 9.99. The Labute approximate surface area is 102 Å². The molecule has 1 rings (SSSR count). The van der Waals surface area contributed by atoms with Crippen LogP contribution < -0.4 is 5.73 Å². The van der Waals surface area contributed by atoms with Crippen molar-refractivity contribution in [1.29, 1.82) is 0 Å². The third-order valence-corrected chi connectivity index (χ3v) is 2.24. The van der Waals surface area contributed by atoms with E-state index >= 15 is 0 Å². The third-order valence-electron chi connectivity index (χ3n) is 2.24. The lowest BCUT2D eigenvalue weighted by Gasteiger charge is -2.13. The SMILES string of the molecule is C=C.C=C/C(=C\C)C(O)c1cccc(N)c1F. The quantitative estimate of drug-likeness (QED) is 0.479. The summed E-state index contributed by atoms with van der Waals surface area (Å²) in [6, 6.07) is 4.56. The highest BCUT2D eigenvalue weighted by molar-refractivity contribution is 5.45. The van der Waals surface area contributed by atoms with Gasteiger partial charge in [0.05, 0.1) is 5.69 Å². The number of hydrogen-bond donors (Lipinski definition) is 2. The van der Waals surface area contributed by atoms with Crippen molar-refractivity contribution in [1.82, 2.24) is 0 Å². The van der Waals surface area contributed by atoms with Gasteiger partial charge in [-0.2, -0.15) is 0 Å². The van der Waals surface area contributed by atoms with Crippen molar-refractivity contribution < 1.29 is 9.50 Å². The van der Waals surface area contributed by atoms with Gasteiger partial charge in [-0.1, -0.05) is 30.9 Å². The number of nitrogens with two attached hydrogens (primary N) is 1. The predicted molar refractivity (Wildman–Crippen MR) is 71.0 cm³/mol. The van der Waals surface area contributed by atoms with Crippen molar-refractivity contribution in [3.8, 4) is 0 Å². The number of anilines is 1. The van der Waals surface area contributed by atoms with Gasteiger partial charge in [-0.15, -0.1) is 13.2 Å². The van der Waals surface area contributed by atoms with E-state index in [0.29, 0.717) is 5.57 Å². The molecule has 17 heavy (non-hydrogen) atoms. The molecular weight excluding hydrogens is 217 g/mol. The lowest BCUT2D eigenvalue weighted by atomic mass is 10.0. The van der Waals surface area contributed by atoms with Crippen molar-refractivity contribution in [2.24, 2.45) is 0 Å². The third kappa shape index (κ3) is 3.57. The maximum absolute atomic E-state index is 13.5. The molecular formula is C14H18FNO. The minimum atomic E-state index is -1.02. The van der Waals surface area contributed by atoms with Crippen LogP contribution in [0.1, 0.15) is 18.6 Å². The number of nitrogen functional groups attached to an aromatic ring is 1. The first-order valence-corrected chi connectivity index (χ1v) is 5.12. The van der Waals surface area contributed by atoms with E-state index in [9.17, 15) is 9.50 Å². The second-order valence-electron chi connectivity index (χ2n) is 3.15. The molecule has 0 radical (unpaired) electrons. The van der Waals surface area contributed by atoms with Crippen LogP contribution in [0.5, 0.6) is 0 Å². The first-order chi connectivity index (χ1) is 8.11. The van der Waals surface area contributed by atoms with E-state index in [2.05, 4.69) is 19.7 Å². The van der Waals surface area contributed by atoms with Crippen molar-refractivity contribution in [3.63, 3.8) is 0 Å². The summed E-state index contributed by atoms with van der Waals surface area (Å²) in [5.74, 6) is -0.578. The second-order valence-corrected chi connectivity index (χ2v) is 3.15. The van der Waals surface area contributed by atoms with E-state index in [1.807, 2.05) is 0 Å². The van der Waals surface area contributed by atoms with E-state index < -0.39 is 11.9 Å². The van der Waals surface area contributed by atoms with Crippen LogP contribution in [0.3, 0.4) is 0 Å². The van der Waals surface area contributed by atoms with Gasteiger partial charge in [0.25, 0.3) is 0 Å². The van der Waals surface area contributed by atoms with Crippen molar-refractivity contribution in [2.45, 2.75) is 13.0 Å². The first-order valence-electron chi connectivity index (χ1n) is 5.12. The average molecular weight is 235 g/mol. The van der Waals surface area contributed by atoms with Crippen LogP contribution in [0.2, 0.25) is 0 Å². The van der Waals surface area contributed by atoms with E-state index in [-0.39, 0.29) is 11.3 Å². The van der Waals surface area contributed by atoms with Gasteiger partial charge in [0.15, 0.2) is 5.82 Å². The van der Waals surface area contributed by atoms with Gasteiger partial charge in [0.1, 0.15) is 6.10 Å². The lowest BCUT2D eigenvalue weighted by Crippen LogP contribution is -2.04. The Balaban J connectivity index is 0.00000121. The Hall–Kier alpha value is -1.87. The molecule has 92 valence electrons. The summed E-state index contributed by atoms with van der Waals surface area (Å²) in [5.41, 5.74) is 6.17. The van der Waals surface area contributed by atoms with Crippen molar-refractivity contribution in [3.05, 3.63) is 67.0 Å². The molecule has 1 atom stereocenters. The van der Waals surface area contributed by atoms with Crippen molar-refractivity contribution in [2.75, 3.05) is 5.73 Å². The van der Waals surface area contributed by atoms with Gasteiger partial charge in [0, 0.05) is 5.56 Å². The molecule has 0 amide bonds. The molecule has 0 heterocycles. The fourth-order valence-corrected chi connectivity index (χ4v) is 1.35. The van der Waals surface area contributed by atoms with Gasteiger partial charge in [-0.3, -0.25) is 0 Å². The molecule has 1 unspecified atom stereocenters. The molecule has 0 saturated carbocycles. The van der Waals surface area contributed by atoms with Crippen LogP contribution in [0, 0.1) is 5.82 Å². The standard InChI is InChI=1S/C12H14FNO.C2H4/c1-3-8(4-2)12(15)9-6-5-7-10(14)11(9)13;1-2/h3-7,12,15H,1,14H2,2H3;1-2H2/b8-4+;. The van der Waals surface area contributed by atoms with E-state index in [4.69, 9.17) is 5.73 Å². The van der Waals surface area contributed by atoms with Gasteiger partial charge in [-0.25, -0.2) is 4.39 Å². The Kier molecular flexibility index (Phi) is 6.60. The van der Waals surface area contributed by atoms with Gasteiger partial charge in [0.2, 0.25) is 0 Å². The molecule has 3 N–H and O–H groups in total. The molecule has 0 aliphatic rings. The normalized spacial score (nSPS) is 12.3. The highest BCUT2D eigenvalue weighted by atomic mass is 19.1. The first kappa shape index (κ1) is 15.1. The number of halogens is 1. The van der Waals surface area contributed by atoms with Gasteiger partial charge in [-0.05, 0) is 18.6 Å². The zero-order valence-corrected chi connectivity index (χ0v) is 9.99. The predicted octanol–water partition coefficient (Wildman–Crippen LogP) is 3.38. The van der Waals surface area contributed by atoms with Crippen LogP contribution in [0.25, 0.3) is 0 Å². The maximum atomic E-state index is 13.5. The minimum absolute atomic E-state index is 0.0334. The Morgan fingerprint density at radius 3 is 2.53 bits per heavy atom. The molecule has 0 fully saturated rings. The van der Waals surface area contributed by atoms with Crippen LogP contribution in [0.4, 0.5) is 10.1 Å². The zero-order chi connectivity index (χ0) is 13.4. The Bertz CT molecular complexity index is 413. The topological polar surface area (TPSA) is 46.2 Å². The molecule has 1 aromatic rings. The second kappa shape index (κ2) is 7.41. The molecule has 0 aliphatic carbocycles. The molecule has 2 nitrogen and oxygen atoms in total. The maximum Gasteiger partial charge on any atom is 0.152 e. The molecule has 3 heteroatoms. The van der Waals surface area contributed by atoms with Gasteiger partial charge < -0.3 is 10.8 Å². The number of hydrogen-bond acceptors (Lipinski definition) is 2. The minimum Gasteiger partial charge on any atom is -0.396 e. The molecule has 0 aliphatic heterocycles. The summed E-state index contributed by atoms with van der Waals surface area (Å²) < 4.78 is 13.5. The number of aliphatic hydroxyl groups is 1. The highest BCUT2D eigenvalue weighted by Crippen LogP contribution is 2.27. The van der Waals surface area contributed by atoms with Crippen LogP contribution in [0.15, 0.2) is 55.7 Å². The smallest absolute Gasteiger partial charge is 0.152 e. The summed E-state index contributed by atoms with van der Waals surface area (Å²) in [6.45, 7) is 11.3. The monoisotopic (exact) mass is 235 g/mol. The van der Waals surface area contributed by atoms with E-state index in [1.165, 1.54) is 18.2 Å². The van der Waals surface area contributed by atoms with E-state index in [1.54, 1.807) is 19.1 Å². The fraction of sp³-hybridized carbons (Fsp3) is 0.143. The van der Waals surface area contributed by atoms with Crippen LogP contribution >= 0.6 is 0 Å². The summed E-state index contributed by atoms with van der Waals surface area (Å²) in [7, 11) is 0. The van der Waals surface area contributed by atoms with Crippen LogP contribution in [-0.4, -0.2) is 5.11 Å². The fourth-order valence-electron chi connectivity index (χ4n) is 1.35. The highest BCUT2D eigenvalue weighted by Gasteiger charge is 2.16. The van der Waals surface area contributed by atoms with Crippen LogP contribution in [-0.2, 0) is 0 Å². The molecule has 0 spiro atoms. The number of benzene rings is 1. The lowest BCUT2D eigenvalue weighted by molar-refractivity contribution is 0.214. The molecule has 1 aromatic carbocycles. The van der Waals surface area contributed by atoms with Crippen molar-refractivity contribution >= 4 is 5.69 Å². The molecule has 0 bridgehead atoms. The van der Waals surface area contributed by atoms with Gasteiger partial charge >= 0.3 is 0 Å². The summed E-state index contributed by atoms with van der Waals surface area (Å²) in [6.07, 6.45) is 2.16. The summed E-state index contributed by atoms with van der Waals surface area (Å²) in [4.78, 5) is 0. The summed E-state index contributed by atoms with van der Waals surface area (Å²) in [5, 5.41) is 9.85. The molecule has 0 saturated heterocycles. The summed E-state index contributed by atoms with van der Waals surface area (Å²) >= 11 is 0. The van der Waals surface area contributed by atoms with E-state index in [0.717, 1.165) is 0 Å². The number of rotatable bonds is 3. The number of allylic oxidation sites excluding steroid dienone is 1. The Morgan fingerprint density at radius 1 is 1.47 bits per heavy atom. The Morgan fingerprint density at radius 2 is 2.06 bits per heavy atom. The number of aliphatic hydroxyl groups excluding tert-OH is 1. The average Bonchev–Trinajstić information content (AvgIpc) is 2.36. The largest absolute Gasteiger partial charge is 0.396 e. The molecule has 0 aromatic heterocycles.